The largest absolute Gasteiger partial charge is 0.435 e. The number of benzene rings is 1. The van der Waals surface area contributed by atoms with Crippen molar-refractivity contribution < 1.29 is 18.3 Å². The van der Waals surface area contributed by atoms with Crippen LogP contribution in [0.2, 0.25) is 0 Å². The van der Waals surface area contributed by atoms with E-state index in [2.05, 4.69) is 10.3 Å². The highest BCUT2D eigenvalue weighted by Gasteiger charge is 2.12. The minimum Gasteiger partial charge on any atom is -0.435 e. The second-order valence-electron chi connectivity index (χ2n) is 4.29. The maximum Gasteiger partial charge on any atom is 0.223 e. The number of nitrogens with zero attached hydrogens (tertiary/aromatic N) is 1. The fraction of sp³-hybridized carbons (Fsp3) is 0.267. The minimum atomic E-state index is -1.03. The molecular formula is C15H16F2N2O2. The summed E-state index contributed by atoms with van der Waals surface area (Å²) < 4.78 is 37.1. The molecule has 0 bridgehead atoms. The van der Waals surface area contributed by atoms with Gasteiger partial charge in [-0.1, -0.05) is 12.1 Å². The van der Waals surface area contributed by atoms with Crippen LogP contribution >= 0.6 is 0 Å². The van der Waals surface area contributed by atoms with E-state index in [1.807, 2.05) is 0 Å². The first-order chi connectivity index (χ1) is 10.2. The fourth-order valence-electron chi connectivity index (χ4n) is 1.71. The molecule has 0 radical (unpaired) electrons. The van der Waals surface area contributed by atoms with Gasteiger partial charge in [0.1, 0.15) is 0 Å². The van der Waals surface area contributed by atoms with Crippen molar-refractivity contribution in [3.63, 3.8) is 0 Å². The number of hydrogen-bond donors (Lipinski definition) is 1. The zero-order valence-electron chi connectivity index (χ0n) is 11.6. The van der Waals surface area contributed by atoms with Crippen molar-refractivity contribution in [3.05, 3.63) is 53.7 Å². The Morgan fingerprint density at radius 2 is 2.05 bits per heavy atom. The van der Waals surface area contributed by atoms with Crippen LogP contribution in [0.4, 0.5) is 8.78 Å². The molecule has 0 spiro atoms. The molecule has 0 fully saturated rings. The molecular weight excluding hydrogens is 278 g/mol. The number of rotatable bonds is 7. The maximum absolute atomic E-state index is 13.6. The Morgan fingerprint density at radius 1 is 1.19 bits per heavy atom. The third-order valence-electron chi connectivity index (χ3n) is 2.77. The normalized spacial score (nSPS) is 10.6. The van der Waals surface area contributed by atoms with E-state index in [9.17, 15) is 8.78 Å². The summed E-state index contributed by atoms with van der Waals surface area (Å²) in [6.07, 6.45) is 1.53. The van der Waals surface area contributed by atoms with Crippen LogP contribution in [0.1, 0.15) is 5.56 Å². The number of nitrogens with one attached hydrogen (secondary N) is 1. The highest BCUT2D eigenvalue weighted by molar-refractivity contribution is 5.33. The first-order valence-electron chi connectivity index (χ1n) is 6.47. The molecule has 1 N–H and O–H groups in total. The summed E-state index contributed by atoms with van der Waals surface area (Å²) in [5.74, 6) is -1.93. The topological polar surface area (TPSA) is 43.4 Å². The average molecular weight is 294 g/mol. The molecule has 6 heteroatoms. The zero-order chi connectivity index (χ0) is 15.1. The fourth-order valence-corrected chi connectivity index (χ4v) is 1.71. The average Bonchev–Trinajstić information content (AvgIpc) is 2.50. The molecule has 0 aliphatic carbocycles. The summed E-state index contributed by atoms with van der Waals surface area (Å²) in [7, 11) is 1.62. The summed E-state index contributed by atoms with van der Waals surface area (Å²) in [5.41, 5.74) is 0.747. The SMILES string of the molecule is COCCNCc1cccnc1Oc1cccc(F)c1F. The predicted octanol–water partition coefficient (Wildman–Crippen LogP) is 2.89. The first kappa shape index (κ1) is 15.3. The summed E-state index contributed by atoms with van der Waals surface area (Å²) in [4.78, 5) is 4.06. The Kier molecular flexibility index (Phi) is 5.59. The van der Waals surface area contributed by atoms with Gasteiger partial charge in [0.15, 0.2) is 11.6 Å². The van der Waals surface area contributed by atoms with Crippen molar-refractivity contribution in [2.75, 3.05) is 20.3 Å². The van der Waals surface area contributed by atoms with Gasteiger partial charge in [-0.15, -0.1) is 0 Å². The van der Waals surface area contributed by atoms with Gasteiger partial charge in [-0.3, -0.25) is 0 Å². The third kappa shape index (κ3) is 4.21. The smallest absolute Gasteiger partial charge is 0.223 e. The van der Waals surface area contributed by atoms with Crippen LogP contribution in [0.5, 0.6) is 11.6 Å². The van der Waals surface area contributed by atoms with E-state index < -0.39 is 11.6 Å². The Morgan fingerprint density at radius 3 is 2.86 bits per heavy atom. The molecule has 0 aliphatic heterocycles. The van der Waals surface area contributed by atoms with E-state index in [0.29, 0.717) is 19.7 Å². The summed E-state index contributed by atoms with van der Waals surface area (Å²) in [6.45, 7) is 1.73. The van der Waals surface area contributed by atoms with E-state index in [1.165, 1.54) is 18.3 Å². The lowest BCUT2D eigenvalue weighted by Gasteiger charge is -2.11. The molecule has 1 aromatic carbocycles. The Bertz CT molecular complexity index is 594. The van der Waals surface area contributed by atoms with Crippen LogP contribution in [0.15, 0.2) is 36.5 Å². The van der Waals surface area contributed by atoms with Crippen molar-refractivity contribution >= 4 is 0 Å². The minimum absolute atomic E-state index is 0.188. The summed E-state index contributed by atoms with van der Waals surface area (Å²) in [5, 5.41) is 3.14. The van der Waals surface area contributed by atoms with E-state index in [-0.39, 0.29) is 11.6 Å². The van der Waals surface area contributed by atoms with Crippen molar-refractivity contribution in [2.45, 2.75) is 6.54 Å². The molecule has 0 saturated carbocycles. The highest BCUT2D eigenvalue weighted by Crippen LogP contribution is 2.26. The van der Waals surface area contributed by atoms with Gasteiger partial charge >= 0.3 is 0 Å². The standard InChI is InChI=1S/C15H16F2N2O2/c1-20-9-8-18-10-11-4-3-7-19-15(11)21-13-6-2-5-12(16)14(13)17/h2-7,18H,8-10H2,1H3. The molecule has 1 aromatic heterocycles. The van der Waals surface area contributed by atoms with Gasteiger partial charge in [0.05, 0.1) is 6.61 Å². The number of halogens is 2. The Balaban J connectivity index is 2.11. The Hall–Kier alpha value is -2.05. The van der Waals surface area contributed by atoms with Gasteiger partial charge < -0.3 is 14.8 Å². The number of ether oxygens (including phenoxy) is 2. The highest BCUT2D eigenvalue weighted by atomic mass is 19.2. The van der Waals surface area contributed by atoms with Crippen molar-refractivity contribution in [2.24, 2.45) is 0 Å². The van der Waals surface area contributed by atoms with Gasteiger partial charge in [0.25, 0.3) is 0 Å². The molecule has 1 heterocycles. The lowest BCUT2D eigenvalue weighted by molar-refractivity contribution is 0.199. The molecule has 21 heavy (non-hydrogen) atoms. The van der Waals surface area contributed by atoms with Gasteiger partial charge in [-0.05, 0) is 18.2 Å². The predicted molar refractivity (Wildman–Crippen MR) is 74.3 cm³/mol. The number of aromatic nitrogens is 1. The van der Waals surface area contributed by atoms with Crippen LogP contribution in [-0.2, 0) is 11.3 Å². The quantitative estimate of drug-likeness (QED) is 0.797. The number of pyridine rings is 1. The van der Waals surface area contributed by atoms with E-state index in [4.69, 9.17) is 9.47 Å². The molecule has 0 saturated heterocycles. The van der Waals surface area contributed by atoms with Crippen LogP contribution < -0.4 is 10.1 Å². The van der Waals surface area contributed by atoms with Crippen LogP contribution in [0, 0.1) is 11.6 Å². The molecule has 0 atom stereocenters. The van der Waals surface area contributed by atoms with Crippen molar-refractivity contribution in [1.82, 2.24) is 10.3 Å². The van der Waals surface area contributed by atoms with Crippen LogP contribution in [0.3, 0.4) is 0 Å². The molecule has 4 nitrogen and oxygen atoms in total. The first-order valence-corrected chi connectivity index (χ1v) is 6.47. The lowest BCUT2D eigenvalue weighted by Crippen LogP contribution is -2.19. The van der Waals surface area contributed by atoms with Gasteiger partial charge in [0, 0.05) is 32.0 Å². The van der Waals surface area contributed by atoms with E-state index in [1.54, 1.807) is 19.2 Å². The summed E-state index contributed by atoms with van der Waals surface area (Å²) in [6, 6.07) is 7.33. The molecule has 0 unspecified atom stereocenters. The van der Waals surface area contributed by atoms with Crippen molar-refractivity contribution in [1.29, 1.82) is 0 Å². The second-order valence-corrected chi connectivity index (χ2v) is 4.29. The maximum atomic E-state index is 13.6. The van der Waals surface area contributed by atoms with Gasteiger partial charge in [0.2, 0.25) is 11.7 Å². The van der Waals surface area contributed by atoms with Crippen LogP contribution in [-0.4, -0.2) is 25.2 Å². The monoisotopic (exact) mass is 294 g/mol. The lowest BCUT2D eigenvalue weighted by atomic mass is 10.2. The summed E-state index contributed by atoms with van der Waals surface area (Å²) >= 11 is 0. The number of methoxy groups -OCH3 is 1. The third-order valence-corrected chi connectivity index (χ3v) is 2.77. The van der Waals surface area contributed by atoms with Gasteiger partial charge in [-0.2, -0.15) is 4.39 Å². The molecule has 112 valence electrons. The molecule has 0 aliphatic rings. The number of hydrogen-bond acceptors (Lipinski definition) is 4. The van der Waals surface area contributed by atoms with Gasteiger partial charge in [-0.25, -0.2) is 9.37 Å². The zero-order valence-corrected chi connectivity index (χ0v) is 11.6. The van der Waals surface area contributed by atoms with E-state index in [0.717, 1.165) is 11.6 Å². The molecule has 2 aromatic rings. The Labute approximate surface area is 121 Å². The van der Waals surface area contributed by atoms with Crippen LogP contribution in [0.25, 0.3) is 0 Å². The van der Waals surface area contributed by atoms with E-state index >= 15 is 0 Å². The second kappa shape index (κ2) is 7.66. The molecule has 0 amide bonds. The molecule has 2 rings (SSSR count). The van der Waals surface area contributed by atoms with Crippen molar-refractivity contribution in [3.8, 4) is 11.6 Å².